The summed E-state index contributed by atoms with van der Waals surface area (Å²) < 4.78 is 0. The molecule has 15 heavy (non-hydrogen) atoms. The molecule has 0 aliphatic carbocycles. The second-order valence-corrected chi connectivity index (χ2v) is 4.33. The van der Waals surface area contributed by atoms with Crippen molar-refractivity contribution in [3.8, 4) is 11.1 Å². The summed E-state index contributed by atoms with van der Waals surface area (Å²) in [5.41, 5.74) is 1.74. The summed E-state index contributed by atoms with van der Waals surface area (Å²) in [6.45, 7) is 0. The molecule has 0 N–H and O–H groups in total. The molecule has 75 valence electrons. The van der Waals surface area contributed by atoms with Crippen molar-refractivity contribution in [3.05, 3.63) is 57.5 Å². The van der Waals surface area contributed by atoms with Crippen LogP contribution in [0.2, 0.25) is 15.1 Å². The molecule has 0 heterocycles. The maximum Gasteiger partial charge on any atom is 0.0505 e. The molecule has 0 nitrogen and oxygen atoms in total. The monoisotopic (exact) mass is 255 g/mol. The van der Waals surface area contributed by atoms with Crippen LogP contribution in [0, 0.1) is 6.07 Å². The van der Waals surface area contributed by atoms with E-state index in [1.54, 1.807) is 12.1 Å². The summed E-state index contributed by atoms with van der Waals surface area (Å²) in [5, 5.41) is 1.82. The predicted octanol–water partition coefficient (Wildman–Crippen LogP) is 5.11. The molecule has 0 aromatic heterocycles. The Balaban J connectivity index is 2.54. The zero-order valence-electron chi connectivity index (χ0n) is 7.60. The van der Waals surface area contributed by atoms with Gasteiger partial charge in [0.05, 0.1) is 5.02 Å². The lowest BCUT2D eigenvalue weighted by molar-refractivity contribution is 1.61. The average molecular weight is 257 g/mol. The number of halogens is 3. The van der Waals surface area contributed by atoms with Crippen molar-refractivity contribution < 1.29 is 0 Å². The van der Waals surface area contributed by atoms with Gasteiger partial charge in [-0.2, -0.15) is 0 Å². The first-order valence-corrected chi connectivity index (χ1v) is 5.43. The smallest absolute Gasteiger partial charge is 0.0505 e. The van der Waals surface area contributed by atoms with Crippen molar-refractivity contribution in [2.75, 3.05) is 0 Å². The number of hydrogen-bond acceptors (Lipinski definition) is 0. The van der Waals surface area contributed by atoms with Gasteiger partial charge in [0.15, 0.2) is 0 Å². The molecule has 0 spiro atoms. The van der Waals surface area contributed by atoms with Gasteiger partial charge in [0.1, 0.15) is 0 Å². The van der Waals surface area contributed by atoms with Gasteiger partial charge in [-0.05, 0) is 35.9 Å². The first-order chi connectivity index (χ1) is 7.16. The van der Waals surface area contributed by atoms with Crippen LogP contribution in [-0.4, -0.2) is 0 Å². The molecular formula is C12H6Cl3. The van der Waals surface area contributed by atoms with Crippen LogP contribution in [0.5, 0.6) is 0 Å². The fraction of sp³-hybridized carbons (Fsp3) is 0. The maximum atomic E-state index is 6.06. The Labute approximate surface area is 103 Å². The normalized spacial score (nSPS) is 10.3. The van der Waals surface area contributed by atoms with E-state index in [4.69, 9.17) is 34.8 Å². The second-order valence-electron chi connectivity index (χ2n) is 3.05. The van der Waals surface area contributed by atoms with Crippen LogP contribution in [0.15, 0.2) is 36.4 Å². The van der Waals surface area contributed by atoms with Gasteiger partial charge in [-0.3, -0.25) is 0 Å². The van der Waals surface area contributed by atoms with Crippen molar-refractivity contribution in [2.24, 2.45) is 0 Å². The maximum absolute atomic E-state index is 6.06. The largest absolute Gasteiger partial charge is 0.0843 e. The molecule has 0 saturated carbocycles. The zero-order chi connectivity index (χ0) is 10.8. The van der Waals surface area contributed by atoms with Gasteiger partial charge in [-0.15, -0.1) is 0 Å². The Morgan fingerprint density at radius 3 is 2.40 bits per heavy atom. The van der Waals surface area contributed by atoms with E-state index in [2.05, 4.69) is 6.07 Å². The molecule has 0 bridgehead atoms. The van der Waals surface area contributed by atoms with E-state index in [0.29, 0.717) is 15.1 Å². The quantitative estimate of drug-likeness (QED) is 0.665. The third-order valence-corrected chi connectivity index (χ3v) is 2.72. The van der Waals surface area contributed by atoms with Gasteiger partial charge < -0.3 is 0 Å². The Morgan fingerprint density at radius 2 is 1.73 bits per heavy atom. The lowest BCUT2D eigenvalue weighted by Crippen LogP contribution is -1.80. The van der Waals surface area contributed by atoms with Crippen molar-refractivity contribution in [1.29, 1.82) is 0 Å². The first-order valence-electron chi connectivity index (χ1n) is 4.29. The van der Waals surface area contributed by atoms with Gasteiger partial charge in [0.2, 0.25) is 0 Å². The molecule has 2 rings (SSSR count). The van der Waals surface area contributed by atoms with Crippen LogP contribution in [-0.2, 0) is 0 Å². The Morgan fingerprint density at radius 1 is 0.933 bits per heavy atom. The standard InChI is InChI=1S/C12H6Cl3/c13-9-3-1-2-8(6-9)11-5-4-10(14)7-12(11)15/h1-4,6-7H. The second kappa shape index (κ2) is 4.44. The Hall–Kier alpha value is -0.690. The Kier molecular flexibility index (Phi) is 3.20. The number of rotatable bonds is 1. The molecule has 2 aromatic carbocycles. The fourth-order valence-corrected chi connectivity index (χ4v) is 2.00. The van der Waals surface area contributed by atoms with E-state index in [-0.39, 0.29) is 0 Å². The molecule has 2 aromatic rings. The van der Waals surface area contributed by atoms with Crippen molar-refractivity contribution in [3.63, 3.8) is 0 Å². The van der Waals surface area contributed by atoms with Crippen LogP contribution in [0.25, 0.3) is 11.1 Å². The number of hydrogen-bond donors (Lipinski definition) is 0. The van der Waals surface area contributed by atoms with Crippen molar-refractivity contribution >= 4 is 34.8 Å². The molecular weight excluding hydrogens is 250 g/mol. The van der Waals surface area contributed by atoms with Gasteiger partial charge >= 0.3 is 0 Å². The van der Waals surface area contributed by atoms with Crippen LogP contribution in [0.3, 0.4) is 0 Å². The molecule has 1 radical (unpaired) electrons. The average Bonchev–Trinajstić information content (AvgIpc) is 2.17. The third kappa shape index (κ3) is 2.46. The van der Waals surface area contributed by atoms with E-state index in [1.165, 1.54) is 0 Å². The van der Waals surface area contributed by atoms with E-state index in [1.807, 2.05) is 24.3 Å². The molecule has 0 atom stereocenters. The van der Waals surface area contributed by atoms with Crippen LogP contribution in [0.1, 0.15) is 0 Å². The molecule has 0 aliphatic rings. The molecule has 0 amide bonds. The summed E-state index contributed by atoms with van der Waals surface area (Å²) in [5.74, 6) is 0. The van der Waals surface area contributed by atoms with Gasteiger partial charge in [0, 0.05) is 15.6 Å². The third-order valence-electron chi connectivity index (χ3n) is 1.97. The lowest BCUT2D eigenvalue weighted by atomic mass is 10.1. The summed E-state index contributed by atoms with van der Waals surface area (Å²) in [6, 6.07) is 13.9. The highest BCUT2D eigenvalue weighted by molar-refractivity contribution is 6.36. The van der Waals surface area contributed by atoms with E-state index < -0.39 is 0 Å². The van der Waals surface area contributed by atoms with E-state index >= 15 is 0 Å². The molecule has 0 saturated heterocycles. The first kappa shape index (κ1) is 10.8. The lowest BCUT2D eigenvalue weighted by Gasteiger charge is -2.04. The minimum absolute atomic E-state index is 0.574. The van der Waals surface area contributed by atoms with Crippen LogP contribution < -0.4 is 0 Å². The molecule has 0 aliphatic heterocycles. The minimum Gasteiger partial charge on any atom is -0.0843 e. The van der Waals surface area contributed by atoms with Gasteiger partial charge in [-0.1, -0.05) is 46.9 Å². The number of benzene rings is 2. The predicted molar refractivity (Wildman–Crippen MR) is 65.7 cm³/mol. The topological polar surface area (TPSA) is 0 Å². The fourth-order valence-electron chi connectivity index (χ4n) is 1.31. The summed E-state index contributed by atoms with van der Waals surface area (Å²) in [7, 11) is 0. The zero-order valence-corrected chi connectivity index (χ0v) is 9.87. The SMILES string of the molecule is Clc1cccc(-c2[c]cc(Cl)cc2Cl)c1. The van der Waals surface area contributed by atoms with E-state index in [9.17, 15) is 0 Å². The highest BCUT2D eigenvalue weighted by atomic mass is 35.5. The Bertz CT molecular complexity index is 492. The summed E-state index contributed by atoms with van der Waals surface area (Å²) in [6.07, 6.45) is 0. The molecule has 0 unspecified atom stereocenters. The molecule has 0 fully saturated rings. The van der Waals surface area contributed by atoms with Crippen LogP contribution >= 0.6 is 34.8 Å². The van der Waals surface area contributed by atoms with Gasteiger partial charge in [-0.25, -0.2) is 0 Å². The van der Waals surface area contributed by atoms with Crippen LogP contribution in [0.4, 0.5) is 0 Å². The highest BCUT2D eigenvalue weighted by Gasteiger charge is 2.04. The highest BCUT2D eigenvalue weighted by Crippen LogP contribution is 2.30. The van der Waals surface area contributed by atoms with Crippen molar-refractivity contribution in [2.45, 2.75) is 0 Å². The van der Waals surface area contributed by atoms with Crippen molar-refractivity contribution in [1.82, 2.24) is 0 Å². The summed E-state index contributed by atoms with van der Waals surface area (Å²) in [4.78, 5) is 0. The van der Waals surface area contributed by atoms with E-state index in [0.717, 1.165) is 11.1 Å². The summed E-state index contributed by atoms with van der Waals surface area (Å²) >= 11 is 17.7. The van der Waals surface area contributed by atoms with Gasteiger partial charge in [0.25, 0.3) is 0 Å². The molecule has 3 heteroatoms. The minimum atomic E-state index is 0.574.